The highest BCUT2D eigenvalue weighted by Crippen LogP contribution is 2.32. The molecule has 4 rings (SSSR count). The number of carbonyl (C=O) groups is 2. The van der Waals surface area contributed by atoms with Crippen LogP contribution in [-0.2, 0) is 22.7 Å². The minimum absolute atomic E-state index is 0.181. The molecule has 0 spiro atoms. The molecule has 0 fully saturated rings. The maximum absolute atomic E-state index is 13.2. The van der Waals surface area contributed by atoms with E-state index in [2.05, 4.69) is 5.32 Å². The lowest BCUT2D eigenvalue weighted by Gasteiger charge is -2.29. The summed E-state index contributed by atoms with van der Waals surface area (Å²) in [5.74, 6) is 1.77. The van der Waals surface area contributed by atoms with Gasteiger partial charge in [-0.05, 0) is 54.4 Å². The maximum atomic E-state index is 13.2. The van der Waals surface area contributed by atoms with Crippen molar-refractivity contribution in [3.8, 4) is 23.0 Å². The zero-order valence-electron chi connectivity index (χ0n) is 20.0. The Balaban J connectivity index is 1.44. The van der Waals surface area contributed by atoms with Gasteiger partial charge in [0.2, 0.25) is 12.7 Å². The van der Waals surface area contributed by atoms with Crippen molar-refractivity contribution in [2.24, 2.45) is 0 Å². The van der Waals surface area contributed by atoms with Gasteiger partial charge in [-0.1, -0.05) is 41.9 Å². The van der Waals surface area contributed by atoms with Crippen LogP contribution in [0.3, 0.4) is 0 Å². The van der Waals surface area contributed by atoms with Crippen LogP contribution in [0.1, 0.15) is 18.1 Å². The van der Waals surface area contributed by atoms with Crippen LogP contribution < -0.4 is 24.3 Å². The third kappa shape index (κ3) is 6.20. The van der Waals surface area contributed by atoms with Gasteiger partial charge in [-0.15, -0.1) is 0 Å². The molecule has 0 aliphatic carbocycles. The Labute approximate surface area is 214 Å². The molecule has 188 valence electrons. The van der Waals surface area contributed by atoms with Gasteiger partial charge in [0, 0.05) is 13.1 Å². The fourth-order valence-electron chi connectivity index (χ4n) is 3.68. The number of hydrogen-bond acceptors (Lipinski definition) is 6. The minimum atomic E-state index is -0.761. The second-order valence-corrected chi connectivity index (χ2v) is 8.58. The lowest BCUT2D eigenvalue weighted by atomic mass is 10.1. The highest BCUT2D eigenvalue weighted by molar-refractivity contribution is 6.32. The summed E-state index contributed by atoms with van der Waals surface area (Å²) in [5.41, 5.74) is 1.70. The van der Waals surface area contributed by atoms with Crippen LogP contribution in [0.4, 0.5) is 0 Å². The van der Waals surface area contributed by atoms with Gasteiger partial charge in [0.15, 0.2) is 18.1 Å². The van der Waals surface area contributed by atoms with Gasteiger partial charge in [-0.3, -0.25) is 9.59 Å². The molecular weight excluding hydrogens is 484 g/mol. The van der Waals surface area contributed by atoms with E-state index in [9.17, 15) is 9.59 Å². The summed E-state index contributed by atoms with van der Waals surface area (Å²) in [7, 11) is 1.59. The van der Waals surface area contributed by atoms with Crippen molar-refractivity contribution in [3.63, 3.8) is 0 Å². The first kappa shape index (κ1) is 25.2. The SMILES string of the molecule is COc1ccc(CN(C(=O)COc2ccccc2Cl)[C@@H](C)C(=O)NCc2ccc3c(c2)OCO3)cc1. The van der Waals surface area contributed by atoms with Crippen molar-refractivity contribution < 1.29 is 28.5 Å². The third-order valence-electron chi connectivity index (χ3n) is 5.77. The Morgan fingerprint density at radius 1 is 1.03 bits per heavy atom. The molecule has 1 atom stereocenters. The van der Waals surface area contributed by atoms with Crippen LogP contribution in [0.25, 0.3) is 0 Å². The monoisotopic (exact) mass is 510 g/mol. The summed E-state index contributed by atoms with van der Waals surface area (Å²) in [6.07, 6.45) is 0. The number of fused-ring (bicyclic) bond motifs is 1. The molecule has 2 amide bonds. The van der Waals surface area contributed by atoms with Gasteiger partial charge in [0.1, 0.15) is 17.5 Å². The maximum Gasteiger partial charge on any atom is 0.261 e. The van der Waals surface area contributed by atoms with Crippen molar-refractivity contribution in [1.29, 1.82) is 0 Å². The lowest BCUT2D eigenvalue weighted by Crippen LogP contribution is -2.48. The quantitative estimate of drug-likeness (QED) is 0.440. The Bertz CT molecular complexity index is 1220. The number of nitrogens with one attached hydrogen (secondary N) is 1. The number of amides is 2. The van der Waals surface area contributed by atoms with Crippen LogP contribution >= 0.6 is 11.6 Å². The number of nitrogens with zero attached hydrogens (tertiary/aromatic N) is 1. The third-order valence-corrected chi connectivity index (χ3v) is 6.08. The smallest absolute Gasteiger partial charge is 0.261 e. The molecule has 1 N–H and O–H groups in total. The number of hydrogen-bond donors (Lipinski definition) is 1. The summed E-state index contributed by atoms with van der Waals surface area (Å²) in [6, 6.07) is 19.0. The minimum Gasteiger partial charge on any atom is -0.497 e. The van der Waals surface area contributed by atoms with Crippen molar-refractivity contribution in [2.75, 3.05) is 20.5 Å². The van der Waals surface area contributed by atoms with Crippen molar-refractivity contribution in [2.45, 2.75) is 26.1 Å². The Morgan fingerprint density at radius 3 is 2.50 bits per heavy atom. The Hall–Kier alpha value is -3.91. The summed E-state index contributed by atoms with van der Waals surface area (Å²) >= 11 is 6.15. The molecule has 1 aliphatic rings. The molecule has 1 aliphatic heterocycles. The van der Waals surface area contributed by atoms with Gasteiger partial charge in [-0.2, -0.15) is 0 Å². The number of para-hydroxylation sites is 1. The number of methoxy groups -OCH3 is 1. The molecule has 0 saturated carbocycles. The molecule has 0 radical (unpaired) electrons. The largest absolute Gasteiger partial charge is 0.497 e. The second kappa shape index (κ2) is 11.7. The van der Waals surface area contributed by atoms with Gasteiger partial charge in [0.25, 0.3) is 5.91 Å². The van der Waals surface area contributed by atoms with Crippen molar-refractivity contribution in [3.05, 3.63) is 82.9 Å². The van der Waals surface area contributed by atoms with E-state index < -0.39 is 6.04 Å². The number of benzene rings is 3. The number of halogens is 1. The number of ether oxygens (including phenoxy) is 4. The summed E-state index contributed by atoms with van der Waals surface area (Å²) < 4.78 is 21.6. The highest BCUT2D eigenvalue weighted by Gasteiger charge is 2.27. The van der Waals surface area contributed by atoms with E-state index in [1.54, 1.807) is 44.4 Å². The van der Waals surface area contributed by atoms with Crippen LogP contribution in [0.5, 0.6) is 23.0 Å². The average Bonchev–Trinajstić information content (AvgIpc) is 3.37. The molecule has 8 nitrogen and oxygen atoms in total. The molecule has 0 unspecified atom stereocenters. The fourth-order valence-corrected chi connectivity index (χ4v) is 3.87. The molecular formula is C27H27ClN2O6. The summed E-state index contributed by atoms with van der Waals surface area (Å²) in [6.45, 7) is 2.10. The van der Waals surface area contributed by atoms with E-state index in [1.807, 2.05) is 36.4 Å². The Morgan fingerprint density at radius 2 is 1.75 bits per heavy atom. The molecule has 0 aromatic heterocycles. The van der Waals surface area contributed by atoms with Crippen LogP contribution in [-0.4, -0.2) is 43.3 Å². The standard InChI is InChI=1S/C27H27ClN2O6/c1-18(27(32)29-14-20-9-12-24-25(13-20)36-17-35-24)30(15-19-7-10-21(33-2)11-8-19)26(31)16-34-23-6-4-3-5-22(23)28/h3-13,18H,14-17H2,1-2H3,(H,29,32)/t18-/m0/s1. The normalized spacial score (nSPS) is 12.5. The summed E-state index contributed by atoms with van der Waals surface area (Å²) in [4.78, 5) is 27.8. The highest BCUT2D eigenvalue weighted by atomic mass is 35.5. The zero-order chi connectivity index (χ0) is 25.5. The molecule has 0 saturated heterocycles. The second-order valence-electron chi connectivity index (χ2n) is 8.17. The lowest BCUT2D eigenvalue weighted by molar-refractivity contribution is -0.142. The zero-order valence-corrected chi connectivity index (χ0v) is 20.8. The van der Waals surface area contributed by atoms with Gasteiger partial charge in [-0.25, -0.2) is 0 Å². The van der Waals surface area contributed by atoms with E-state index >= 15 is 0 Å². The van der Waals surface area contributed by atoms with Crippen LogP contribution in [0.15, 0.2) is 66.7 Å². The molecule has 9 heteroatoms. The average molecular weight is 511 g/mol. The van der Waals surface area contributed by atoms with Gasteiger partial charge in [0.05, 0.1) is 12.1 Å². The van der Waals surface area contributed by atoms with E-state index in [0.717, 1.165) is 11.1 Å². The Kier molecular flexibility index (Phi) is 8.17. The van der Waals surface area contributed by atoms with E-state index in [4.69, 9.17) is 30.5 Å². The van der Waals surface area contributed by atoms with Gasteiger partial charge >= 0.3 is 0 Å². The van der Waals surface area contributed by atoms with Crippen LogP contribution in [0.2, 0.25) is 5.02 Å². The van der Waals surface area contributed by atoms with E-state index in [0.29, 0.717) is 28.0 Å². The van der Waals surface area contributed by atoms with Crippen LogP contribution in [0, 0.1) is 0 Å². The first-order chi connectivity index (χ1) is 17.4. The first-order valence-electron chi connectivity index (χ1n) is 11.4. The number of carbonyl (C=O) groups excluding carboxylic acids is 2. The first-order valence-corrected chi connectivity index (χ1v) is 11.8. The van der Waals surface area contributed by atoms with E-state index in [-0.39, 0.29) is 38.3 Å². The molecule has 1 heterocycles. The topological polar surface area (TPSA) is 86.3 Å². The predicted molar refractivity (Wildman–Crippen MR) is 134 cm³/mol. The predicted octanol–water partition coefficient (Wildman–Crippen LogP) is 4.19. The molecule has 0 bridgehead atoms. The fraction of sp³-hybridized carbons (Fsp3) is 0.259. The van der Waals surface area contributed by atoms with Crippen molar-refractivity contribution >= 4 is 23.4 Å². The summed E-state index contributed by atoms with van der Waals surface area (Å²) in [5, 5.41) is 3.31. The van der Waals surface area contributed by atoms with Crippen molar-refractivity contribution in [1.82, 2.24) is 10.2 Å². The van der Waals surface area contributed by atoms with Gasteiger partial charge < -0.3 is 29.2 Å². The van der Waals surface area contributed by atoms with E-state index in [1.165, 1.54) is 4.90 Å². The molecule has 3 aromatic rings. The molecule has 36 heavy (non-hydrogen) atoms. The molecule has 3 aromatic carbocycles. The number of rotatable bonds is 10.